The molecular weight excluding hydrogens is 152 g/mol. The lowest BCUT2D eigenvalue weighted by atomic mass is 9.69. The largest absolute Gasteiger partial charge is 0.392 e. The summed E-state index contributed by atoms with van der Waals surface area (Å²) >= 11 is 0. The van der Waals surface area contributed by atoms with Crippen LogP contribution in [0.4, 0.5) is 0 Å². The molecule has 0 unspecified atom stereocenters. The molecule has 0 heterocycles. The Morgan fingerprint density at radius 2 is 2.00 bits per heavy atom. The number of aliphatic hydroxyl groups excluding tert-OH is 1. The molecule has 0 aliphatic heterocycles. The van der Waals surface area contributed by atoms with Crippen molar-refractivity contribution in [3.05, 3.63) is 0 Å². The number of carbonyl (C=O) groups excluding carboxylic acids is 1. The second kappa shape index (κ2) is 1.92. The smallest absolute Gasteiger partial charge is 0.142 e. The van der Waals surface area contributed by atoms with Crippen molar-refractivity contribution >= 4 is 5.78 Å². The van der Waals surface area contributed by atoms with Crippen LogP contribution in [0.5, 0.6) is 0 Å². The van der Waals surface area contributed by atoms with E-state index in [4.69, 9.17) is 0 Å². The van der Waals surface area contributed by atoms with Crippen LogP contribution in [0.15, 0.2) is 0 Å². The van der Waals surface area contributed by atoms with Crippen LogP contribution in [0.2, 0.25) is 0 Å². The second-order valence-electron chi connectivity index (χ2n) is 5.00. The standard InChI is InChI=1S/C10H16O2/c1-9(2)6-4-7(11)10(9,3)8(12)5-6/h6-7,11H,4-5H2,1-3H3/t6-,7-,10+/m0/s1. The molecule has 2 fully saturated rings. The molecule has 1 N–H and O–H groups in total. The molecule has 12 heavy (non-hydrogen) atoms. The number of rotatable bonds is 0. The topological polar surface area (TPSA) is 37.3 Å². The van der Waals surface area contributed by atoms with Crippen LogP contribution in [0.3, 0.4) is 0 Å². The van der Waals surface area contributed by atoms with Crippen LogP contribution >= 0.6 is 0 Å². The van der Waals surface area contributed by atoms with Crippen LogP contribution in [0.25, 0.3) is 0 Å². The van der Waals surface area contributed by atoms with E-state index >= 15 is 0 Å². The summed E-state index contributed by atoms with van der Waals surface area (Å²) in [6.45, 7) is 6.14. The van der Waals surface area contributed by atoms with Gasteiger partial charge in [0.05, 0.1) is 11.5 Å². The normalized spacial score (nSPS) is 50.2. The molecule has 2 bridgehead atoms. The maximum absolute atomic E-state index is 11.6. The van der Waals surface area contributed by atoms with E-state index in [-0.39, 0.29) is 11.2 Å². The number of aliphatic hydroxyl groups is 1. The van der Waals surface area contributed by atoms with E-state index in [1.165, 1.54) is 0 Å². The monoisotopic (exact) mass is 168 g/mol. The highest BCUT2D eigenvalue weighted by atomic mass is 16.3. The Balaban J connectivity index is 2.51. The Morgan fingerprint density at radius 3 is 2.25 bits per heavy atom. The predicted octanol–water partition coefficient (Wildman–Crippen LogP) is 1.37. The van der Waals surface area contributed by atoms with Gasteiger partial charge >= 0.3 is 0 Å². The van der Waals surface area contributed by atoms with E-state index < -0.39 is 11.5 Å². The maximum Gasteiger partial charge on any atom is 0.142 e. The van der Waals surface area contributed by atoms with E-state index in [0.717, 1.165) is 6.42 Å². The number of fused-ring (bicyclic) bond motifs is 2. The molecule has 2 heteroatoms. The Kier molecular flexibility index (Phi) is 1.32. The molecule has 68 valence electrons. The molecule has 2 nitrogen and oxygen atoms in total. The molecule has 0 aromatic carbocycles. The van der Waals surface area contributed by atoms with Crippen LogP contribution in [-0.4, -0.2) is 17.0 Å². The summed E-state index contributed by atoms with van der Waals surface area (Å²) in [5, 5.41) is 9.76. The van der Waals surface area contributed by atoms with Gasteiger partial charge in [0.2, 0.25) is 0 Å². The number of hydrogen-bond donors (Lipinski definition) is 1. The van der Waals surface area contributed by atoms with Crippen LogP contribution in [-0.2, 0) is 4.79 Å². The highest BCUT2D eigenvalue weighted by Gasteiger charge is 2.66. The SMILES string of the molecule is CC1(C)[C@@H]2CC(=O)[C@@]1(C)[C@@H](O)C2. The Labute approximate surface area is 73.0 Å². The summed E-state index contributed by atoms with van der Waals surface area (Å²) < 4.78 is 0. The molecule has 2 aliphatic rings. The highest BCUT2D eigenvalue weighted by molar-refractivity contribution is 5.90. The fourth-order valence-electron chi connectivity index (χ4n) is 2.97. The van der Waals surface area contributed by atoms with Gasteiger partial charge in [0, 0.05) is 6.42 Å². The molecule has 2 rings (SSSR count). The maximum atomic E-state index is 11.6. The van der Waals surface area contributed by atoms with Crippen LogP contribution in [0, 0.1) is 16.7 Å². The molecule has 0 aromatic heterocycles. The fraction of sp³-hybridized carbons (Fsp3) is 0.900. The van der Waals surface area contributed by atoms with Gasteiger partial charge in [-0.2, -0.15) is 0 Å². The number of ketones is 1. The average Bonchev–Trinajstić information content (AvgIpc) is 2.20. The molecule has 0 amide bonds. The summed E-state index contributed by atoms with van der Waals surface area (Å²) in [5.41, 5.74) is -0.457. The van der Waals surface area contributed by atoms with Gasteiger partial charge in [-0.1, -0.05) is 13.8 Å². The molecule has 3 atom stereocenters. The van der Waals surface area contributed by atoms with Crippen LogP contribution in [0.1, 0.15) is 33.6 Å². The van der Waals surface area contributed by atoms with Crippen molar-refractivity contribution < 1.29 is 9.90 Å². The zero-order chi connectivity index (χ0) is 9.15. The lowest BCUT2D eigenvalue weighted by molar-refractivity contribution is -0.135. The minimum Gasteiger partial charge on any atom is -0.392 e. The molecule has 2 aliphatic carbocycles. The van der Waals surface area contributed by atoms with Crippen LogP contribution < -0.4 is 0 Å². The second-order valence-corrected chi connectivity index (χ2v) is 5.00. The van der Waals surface area contributed by atoms with Crippen molar-refractivity contribution in [3.63, 3.8) is 0 Å². The summed E-state index contributed by atoms with van der Waals surface area (Å²) in [6.07, 6.45) is 1.09. The third-order valence-electron chi connectivity index (χ3n) is 4.54. The lowest BCUT2D eigenvalue weighted by Crippen LogP contribution is -2.41. The third kappa shape index (κ3) is 0.598. The van der Waals surface area contributed by atoms with E-state index in [1.54, 1.807) is 0 Å². The Morgan fingerprint density at radius 1 is 1.42 bits per heavy atom. The predicted molar refractivity (Wildman–Crippen MR) is 45.6 cm³/mol. The zero-order valence-electron chi connectivity index (χ0n) is 7.92. The van der Waals surface area contributed by atoms with Gasteiger partial charge in [-0.25, -0.2) is 0 Å². The van der Waals surface area contributed by atoms with E-state index in [9.17, 15) is 9.90 Å². The highest BCUT2D eigenvalue weighted by Crippen LogP contribution is 2.63. The zero-order valence-corrected chi connectivity index (χ0v) is 7.92. The fourth-order valence-corrected chi connectivity index (χ4v) is 2.97. The van der Waals surface area contributed by atoms with Crippen molar-refractivity contribution in [2.45, 2.75) is 39.7 Å². The first-order valence-corrected chi connectivity index (χ1v) is 4.62. The van der Waals surface area contributed by atoms with E-state index in [0.29, 0.717) is 12.3 Å². The molecular formula is C10H16O2. The quantitative estimate of drug-likeness (QED) is 0.593. The number of carbonyl (C=O) groups is 1. The van der Waals surface area contributed by atoms with E-state index in [2.05, 4.69) is 13.8 Å². The molecule has 0 spiro atoms. The van der Waals surface area contributed by atoms with Crippen molar-refractivity contribution in [1.29, 1.82) is 0 Å². The minimum absolute atomic E-state index is 0.00347. The van der Waals surface area contributed by atoms with Crippen molar-refractivity contribution in [1.82, 2.24) is 0 Å². The van der Waals surface area contributed by atoms with E-state index in [1.807, 2.05) is 6.92 Å². The van der Waals surface area contributed by atoms with Crippen molar-refractivity contribution in [3.8, 4) is 0 Å². The van der Waals surface area contributed by atoms with Gasteiger partial charge in [0.15, 0.2) is 0 Å². The van der Waals surface area contributed by atoms with Gasteiger partial charge in [-0.15, -0.1) is 0 Å². The average molecular weight is 168 g/mol. The third-order valence-corrected chi connectivity index (χ3v) is 4.54. The van der Waals surface area contributed by atoms with Gasteiger partial charge < -0.3 is 5.11 Å². The first kappa shape index (κ1) is 8.24. The van der Waals surface area contributed by atoms with Gasteiger partial charge in [-0.3, -0.25) is 4.79 Å². The summed E-state index contributed by atoms with van der Waals surface area (Å²) in [4.78, 5) is 11.6. The van der Waals surface area contributed by atoms with Gasteiger partial charge in [0.25, 0.3) is 0 Å². The number of hydrogen-bond acceptors (Lipinski definition) is 2. The molecule has 2 saturated carbocycles. The Bertz CT molecular complexity index is 244. The Hall–Kier alpha value is -0.370. The lowest BCUT2D eigenvalue weighted by Gasteiger charge is -2.34. The van der Waals surface area contributed by atoms with Crippen molar-refractivity contribution in [2.75, 3.05) is 0 Å². The van der Waals surface area contributed by atoms with Crippen molar-refractivity contribution in [2.24, 2.45) is 16.7 Å². The first-order chi connectivity index (χ1) is 5.40. The molecule has 0 radical (unpaired) electrons. The van der Waals surface area contributed by atoms with Gasteiger partial charge in [0.1, 0.15) is 5.78 Å². The summed E-state index contributed by atoms with van der Waals surface area (Å²) in [5.74, 6) is 0.668. The first-order valence-electron chi connectivity index (χ1n) is 4.62. The minimum atomic E-state index is -0.461. The molecule has 0 aromatic rings. The van der Waals surface area contributed by atoms with Gasteiger partial charge in [-0.05, 0) is 24.7 Å². The summed E-state index contributed by atoms with van der Waals surface area (Å²) in [6, 6.07) is 0. The molecule has 0 saturated heterocycles. The number of Topliss-reactive ketones (excluding diaryl/α,β-unsaturated/α-hetero) is 1. The summed E-state index contributed by atoms with van der Waals surface area (Å²) in [7, 11) is 0.